The fraction of sp³-hybridized carbons (Fsp3) is 0.250. The minimum Gasteiger partial charge on any atom is -0.262 e. The fourth-order valence-corrected chi connectivity index (χ4v) is 0.870. The molecule has 0 atom stereocenters. The molecule has 0 amide bonds. The summed E-state index contributed by atoms with van der Waals surface area (Å²) in [6.45, 7) is 3.47. The van der Waals surface area contributed by atoms with Crippen molar-refractivity contribution < 1.29 is 0 Å². The Morgan fingerprint density at radius 1 is 1.73 bits per heavy atom. The van der Waals surface area contributed by atoms with Gasteiger partial charge in [0.1, 0.15) is 0 Å². The molecule has 0 aliphatic rings. The van der Waals surface area contributed by atoms with E-state index in [9.17, 15) is 0 Å². The monoisotopic (exact) mass is 212 g/mol. The summed E-state index contributed by atoms with van der Waals surface area (Å²) in [6, 6.07) is 2.05. The minimum absolute atomic E-state index is 0.490. The molecule has 0 aliphatic heterocycles. The maximum atomic E-state index is 8.28. The summed E-state index contributed by atoms with van der Waals surface area (Å²) in [6.07, 6.45) is 4.44. The highest BCUT2D eigenvalue weighted by atomic mass is 79.9. The lowest BCUT2D eigenvalue weighted by Gasteiger charge is -1.92. The first-order chi connectivity index (χ1) is 5.35. The van der Waals surface area contributed by atoms with Crippen LogP contribution < -0.4 is 0 Å². The molecule has 0 aromatic heterocycles. The highest BCUT2D eigenvalue weighted by molar-refractivity contribution is 9.11. The fourth-order valence-electron chi connectivity index (χ4n) is 0.565. The van der Waals surface area contributed by atoms with E-state index in [2.05, 4.69) is 33.6 Å². The van der Waals surface area contributed by atoms with Gasteiger partial charge >= 0.3 is 0 Å². The second-order valence-electron chi connectivity index (χ2n) is 1.75. The molecule has 0 aromatic carbocycles. The normalized spacial score (nSPS) is 11.5. The van der Waals surface area contributed by atoms with E-state index in [1.165, 1.54) is 6.20 Å². The summed E-state index contributed by atoms with van der Waals surface area (Å²) in [5.41, 5.74) is 0.860. The number of nitrogens with zero attached hydrogens (tertiary/aromatic N) is 2. The molecule has 58 valence electrons. The summed E-state index contributed by atoms with van der Waals surface area (Å²) in [4.78, 5) is 5.68. The third-order valence-corrected chi connectivity index (χ3v) is 1.27. The van der Waals surface area contributed by atoms with E-state index >= 15 is 0 Å². The molecule has 0 aliphatic carbocycles. The maximum absolute atomic E-state index is 8.28. The predicted molar refractivity (Wildman–Crippen MR) is 50.5 cm³/mol. The van der Waals surface area contributed by atoms with Crippen LogP contribution in [0.4, 0.5) is 0 Å². The molecule has 0 fully saturated rings. The molecule has 2 nitrogen and oxygen atoms in total. The number of rotatable bonds is 4. The van der Waals surface area contributed by atoms with Gasteiger partial charge in [-0.15, -0.1) is 0 Å². The highest BCUT2D eigenvalue weighted by Crippen LogP contribution is 1.96. The van der Waals surface area contributed by atoms with E-state index in [0.717, 1.165) is 5.71 Å². The Hall–Kier alpha value is -0.880. The Kier molecular flexibility index (Phi) is 6.65. The molecule has 0 spiro atoms. The van der Waals surface area contributed by atoms with Crippen molar-refractivity contribution in [3.8, 4) is 6.07 Å². The standard InChI is InChI=1S/C8H9BrN2/c1-2-11-8(5-6-9)4-3-7-10/h2,5-6H,1,3-4H2/b6-5+,11-8-. The van der Waals surface area contributed by atoms with Crippen LogP contribution in [0.2, 0.25) is 0 Å². The van der Waals surface area contributed by atoms with Crippen LogP contribution >= 0.6 is 15.9 Å². The molecular formula is C8H9BrN2. The first kappa shape index (κ1) is 10.1. The van der Waals surface area contributed by atoms with Crippen molar-refractivity contribution in [1.29, 1.82) is 5.26 Å². The van der Waals surface area contributed by atoms with Gasteiger partial charge in [0.15, 0.2) is 0 Å². The lowest BCUT2D eigenvalue weighted by molar-refractivity contribution is 1.11. The molecule has 0 unspecified atom stereocenters. The lowest BCUT2D eigenvalue weighted by Crippen LogP contribution is -1.90. The first-order valence-corrected chi connectivity index (χ1v) is 4.08. The molecule has 11 heavy (non-hydrogen) atoms. The van der Waals surface area contributed by atoms with Crippen LogP contribution in [-0.2, 0) is 0 Å². The van der Waals surface area contributed by atoms with Gasteiger partial charge in [-0.25, -0.2) is 0 Å². The van der Waals surface area contributed by atoms with E-state index in [0.29, 0.717) is 12.8 Å². The zero-order valence-electron chi connectivity index (χ0n) is 6.13. The van der Waals surface area contributed by atoms with Gasteiger partial charge in [-0.2, -0.15) is 5.26 Å². The lowest BCUT2D eigenvalue weighted by atomic mass is 10.2. The van der Waals surface area contributed by atoms with Crippen LogP contribution in [0.25, 0.3) is 0 Å². The molecule has 0 bridgehead atoms. The topological polar surface area (TPSA) is 36.1 Å². The summed E-state index contributed by atoms with van der Waals surface area (Å²) in [7, 11) is 0. The number of halogens is 1. The Morgan fingerprint density at radius 3 is 2.91 bits per heavy atom. The molecular weight excluding hydrogens is 204 g/mol. The third-order valence-electron chi connectivity index (χ3n) is 1.01. The summed E-state index contributed by atoms with van der Waals surface area (Å²) < 4.78 is 0. The van der Waals surface area contributed by atoms with Crippen molar-refractivity contribution in [2.45, 2.75) is 12.8 Å². The number of hydrogen-bond donors (Lipinski definition) is 0. The van der Waals surface area contributed by atoms with Crippen molar-refractivity contribution in [2.75, 3.05) is 0 Å². The Balaban J connectivity index is 4.02. The van der Waals surface area contributed by atoms with Crippen molar-refractivity contribution in [3.63, 3.8) is 0 Å². The van der Waals surface area contributed by atoms with Crippen molar-refractivity contribution >= 4 is 21.6 Å². The highest BCUT2D eigenvalue weighted by Gasteiger charge is 1.91. The van der Waals surface area contributed by atoms with Gasteiger partial charge in [0.2, 0.25) is 0 Å². The average molecular weight is 213 g/mol. The van der Waals surface area contributed by atoms with Gasteiger partial charge in [-0.05, 0) is 11.1 Å². The van der Waals surface area contributed by atoms with Crippen LogP contribution in [-0.4, -0.2) is 5.71 Å². The number of hydrogen-bond acceptors (Lipinski definition) is 2. The Bertz CT molecular complexity index is 211. The SMILES string of the molecule is C=C/N=C(\C=C\Br)CCC#N. The zero-order valence-corrected chi connectivity index (χ0v) is 7.71. The van der Waals surface area contributed by atoms with E-state index in [1.54, 1.807) is 11.1 Å². The molecule has 0 aromatic rings. The minimum atomic E-state index is 0.490. The summed E-state index contributed by atoms with van der Waals surface area (Å²) in [5.74, 6) is 0. The molecule has 0 rings (SSSR count). The molecule has 0 N–H and O–H groups in total. The van der Waals surface area contributed by atoms with Gasteiger partial charge in [0.25, 0.3) is 0 Å². The number of nitriles is 1. The van der Waals surface area contributed by atoms with Crippen LogP contribution in [0, 0.1) is 11.3 Å². The Labute approximate surface area is 75.1 Å². The van der Waals surface area contributed by atoms with Gasteiger partial charge < -0.3 is 0 Å². The molecule has 0 radical (unpaired) electrons. The quantitative estimate of drug-likeness (QED) is 0.661. The largest absolute Gasteiger partial charge is 0.262 e. The summed E-state index contributed by atoms with van der Waals surface area (Å²) in [5, 5.41) is 8.28. The van der Waals surface area contributed by atoms with Crippen molar-refractivity contribution in [3.05, 3.63) is 23.8 Å². The zero-order chi connectivity index (χ0) is 8.53. The predicted octanol–water partition coefficient (Wildman–Crippen LogP) is 2.78. The third kappa shape index (κ3) is 5.56. The van der Waals surface area contributed by atoms with E-state index < -0.39 is 0 Å². The van der Waals surface area contributed by atoms with Crippen LogP contribution in [0.1, 0.15) is 12.8 Å². The van der Waals surface area contributed by atoms with E-state index in [1.807, 2.05) is 0 Å². The smallest absolute Gasteiger partial charge is 0.0625 e. The van der Waals surface area contributed by atoms with E-state index in [-0.39, 0.29) is 0 Å². The van der Waals surface area contributed by atoms with E-state index in [4.69, 9.17) is 5.26 Å². The van der Waals surface area contributed by atoms with Gasteiger partial charge in [0.05, 0.1) is 6.07 Å². The maximum Gasteiger partial charge on any atom is 0.0625 e. The average Bonchev–Trinajstić information content (AvgIpc) is 2.01. The van der Waals surface area contributed by atoms with Crippen LogP contribution in [0.15, 0.2) is 28.8 Å². The van der Waals surface area contributed by atoms with Gasteiger partial charge in [-0.1, -0.05) is 22.5 Å². The molecule has 0 saturated heterocycles. The van der Waals surface area contributed by atoms with Gasteiger partial charge in [0, 0.05) is 24.8 Å². The second kappa shape index (κ2) is 7.23. The number of aliphatic imine (C=N–C) groups is 1. The van der Waals surface area contributed by atoms with Crippen LogP contribution in [0.3, 0.4) is 0 Å². The van der Waals surface area contributed by atoms with Gasteiger partial charge in [-0.3, -0.25) is 4.99 Å². The Morgan fingerprint density at radius 2 is 2.45 bits per heavy atom. The van der Waals surface area contributed by atoms with Crippen molar-refractivity contribution in [1.82, 2.24) is 0 Å². The summed E-state index contributed by atoms with van der Waals surface area (Å²) >= 11 is 3.13. The van der Waals surface area contributed by atoms with Crippen LogP contribution in [0.5, 0.6) is 0 Å². The molecule has 0 heterocycles. The second-order valence-corrected chi connectivity index (χ2v) is 2.28. The first-order valence-electron chi connectivity index (χ1n) is 3.16. The molecule has 3 heteroatoms. The van der Waals surface area contributed by atoms with Crippen molar-refractivity contribution in [2.24, 2.45) is 4.99 Å². The molecule has 0 saturated carbocycles. The number of allylic oxidation sites excluding steroid dienone is 1.